The second kappa shape index (κ2) is 8.73. The molecule has 150 valence electrons. The lowest BCUT2D eigenvalue weighted by Gasteiger charge is -2.24. The van der Waals surface area contributed by atoms with Crippen LogP contribution in [0.4, 0.5) is 14.4 Å². The number of hydrogen-bond acceptors (Lipinski definition) is 5. The first-order valence-electron chi connectivity index (χ1n) is 9.35. The Labute approximate surface area is 162 Å². The van der Waals surface area contributed by atoms with Gasteiger partial charge in [0.05, 0.1) is 13.1 Å². The third kappa shape index (κ3) is 4.41. The van der Waals surface area contributed by atoms with Crippen LogP contribution in [0.3, 0.4) is 0 Å². The van der Waals surface area contributed by atoms with E-state index < -0.39 is 30.2 Å². The maximum atomic E-state index is 12.5. The minimum absolute atomic E-state index is 0.0148. The molecule has 0 radical (unpaired) electrons. The van der Waals surface area contributed by atoms with Crippen molar-refractivity contribution in [3.05, 3.63) is 35.9 Å². The van der Waals surface area contributed by atoms with E-state index in [0.717, 1.165) is 41.9 Å². The number of carbonyl (C=O) groups excluding carboxylic acids is 3. The maximum Gasteiger partial charge on any atom is 0.418 e. The van der Waals surface area contributed by atoms with Crippen LogP contribution in [0.1, 0.15) is 43.7 Å². The highest BCUT2D eigenvalue weighted by atomic mass is 16.6. The second-order valence-corrected chi connectivity index (χ2v) is 6.86. The largest absolute Gasteiger partial charge is 0.479 e. The molecule has 3 rings (SSSR count). The van der Waals surface area contributed by atoms with E-state index in [9.17, 15) is 24.3 Å². The Hall–Kier alpha value is -3.10. The number of carboxylic acids is 1. The number of rotatable bonds is 4. The van der Waals surface area contributed by atoms with Gasteiger partial charge in [0.15, 0.2) is 6.04 Å². The van der Waals surface area contributed by atoms with E-state index in [0.29, 0.717) is 5.56 Å². The van der Waals surface area contributed by atoms with Gasteiger partial charge in [0, 0.05) is 0 Å². The molecule has 9 heteroatoms. The number of imide groups is 2. The monoisotopic (exact) mass is 389 g/mol. The van der Waals surface area contributed by atoms with Gasteiger partial charge in [-0.05, 0) is 31.2 Å². The molecular formula is C19H23N3O6. The zero-order valence-electron chi connectivity index (χ0n) is 15.4. The van der Waals surface area contributed by atoms with Gasteiger partial charge in [-0.15, -0.1) is 0 Å². The fourth-order valence-electron chi connectivity index (χ4n) is 3.42. The minimum Gasteiger partial charge on any atom is -0.479 e. The Morgan fingerprint density at radius 1 is 1.04 bits per heavy atom. The van der Waals surface area contributed by atoms with Gasteiger partial charge in [0.25, 0.3) is 0 Å². The molecule has 1 unspecified atom stereocenters. The lowest BCUT2D eigenvalue weighted by molar-refractivity contribution is -0.139. The molecule has 1 heterocycles. The van der Waals surface area contributed by atoms with E-state index in [1.54, 1.807) is 30.3 Å². The molecular weight excluding hydrogens is 366 g/mol. The van der Waals surface area contributed by atoms with Gasteiger partial charge < -0.3 is 15.2 Å². The van der Waals surface area contributed by atoms with Gasteiger partial charge in [-0.3, -0.25) is 0 Å². The Kier molecular flexibility index (Phi) is 6.13. The summed E-state index contributed by atoms with van der Waals surface area (Å²) < 4.78 is 5.38. The van der Waals surface area contributed by atoms with E-state index in [1.165, 1.54) is 0 Å². The van der Waals surface area contributed by atoms with Crippen LogP contribution in [0.25, 0.3) is 0 Å². The lowest BCUT2D eigenvalue weighted by Crippen LogP contribution is -2.46. The molecule has 28 heavy (non-hydrogen) atoms. The van der Waals surface area contributed by atoms with Crippen molar-refractivity contribution in [2.75, 3.05) is 13.1 Å². The predicted molar refractivity (Wildman–Crippen MR) is 97.5 cm³/mol. The molecule has 1 aromatic carbocycles. The third-order valence-electron chi connectivity index (χ3n) is 4.94. The summed E-state index contributed by atoms with van der Waals surface area (Å²) in [7, 11) is 0. The van der Waals surface area contributed by atoms with Crippen LogP contribution in [0, 0.1) is 0 Å². The highest BCUT2D eigenvalue weighted by molar-refractivity contribution is 6.02. The zero-order chi connectivity index (χ0) is 20.1. The summed E-state index contributed by atoms with van der Waals surface area (Å²) in [6, 6.07) is 5.19. The Balaban J connectivity index is 1.60. The van der Waals surface area contributed by atoms with Crippen LogP contribution in [0.15, 0.2) is 30.3 Å². The standard InChI is InChI=1S/C19H23N3O6/c23-16(24)15(13-7-3-1-4-8-13)20-17(25)21-11-12-22(18(21)26)19(27)28-14-9-5-2-6-10-14/h1,3-4,7-8,14-15H,2,5-6,9-12H2,(H,20,25)(H,23,24). The Morgan fingerprint density at radius 3 is 2.32 bits per heavy atom. The molecule has 2 N–H and O–H groups in total. The molecule has 5 amide bonds. The molecule has 2 fully saturated rings. The van der Waals surface area contributed by atoms with Crippen LogP contribution >= 0.6 is 0 Å². The number of benzene rings is 1. The van der Waals surface area contributed by atoms with Crippen molar-refractivity contribution >= 4 is 24.1 Å². The number of urea groups is 2. The number of ether oxygens (including phenoxy) is 1. The van der Waals surface area contributed by atoms with Crippen LogP contribution in [0.5, 0.6) is 0 Å². The average Bonchev–Trinajstić information content (AvgIpc) is 3.09. The van der Waals surface area contributed by atoms with Crippen molar-refractivity contribution < 1.29 is 29.0 Å². The van der Waals surface area contributed by atoms with E-state index in [1.807, 2.05) is 0 Å². The van der Waals surface area contributed by atoms with Crippen molar-refractivity contribution in [2.24, 2.45) is 0 Å². The van der Waals surface area contributed by atoms with E-state index in [2.05, 4.69) is 5.32 Å². The smallest absolute Gasteiger partial charge is 0.418 e. The summed E-state index contributed by atoms with van der Waals surface area (Å²) in [5, 5.41) is 11.7. The Morgan fingerprint density at radius 2 is 1.68 bits per heavy atom. The van der Waals surface area contributed by atoms with E-state index >= 15 is 0 Å². The second-order valence-electron chi connectivity index (χ2n) is 6.86. The molecule has 1 atom stereocenters. The number of nitrogens with one attached hydrogen (secondary N) is 1. The minimum atomic E-state index is -1.30. The van der Waals surface area contributed by atoms with Gasteiger partial charge in [-0.25, -0.2) is 29.0 Å². The summed E-state index contributed by atoms with van der Waals surface area (Å²) >= 11 is 0. The Bertz CT molecular complexity index is 747. The average molecular weight is 389 g/mol. The van der Waals surface area contributed by atoms with Crippen LogP contribution < -0.4 is 5.32 Å². The van der Waals surface area contributed by atoms with Crippen LogP contribution in [0.2, 0.25) is 0 Å². The quantitative estimate of drug-likeness (QED) is 0.818. The van der Waals surface area contributed by atoms with Gasteiger partial charge in [0.2, 0.25) is 0 Å². The van der Waals surface area contributed by atoms with Crippen LogP contribution in [-0.2, 0) is 9.53 Å². The van der Waals surface area contributed by atoms with Crippen molar-refractivity contribution in [2.45, 2.75) is 44.2 Å². The number of nitrogens with zero attached hydrogens (tertiary/aromatic N) is 2. The SMILES string of the molecule is O=C(O)C(NC(=O)N1CCN(C(=O)OC2CCCCC2)C1=O)c1ccccc1. The number of hydrogen-bond donors (Lipinski definition) is 2. The predicted octanol–water partition coefficient (Wildman–Crippen LogP) is 2.73. The first-order chi connectivity index (χ1) is 13.5. The van der Waals surface area contributed by atoms with Crippen molar-refractivity contribution in [1.82, 2.24) is 15.1 Å². The third-order valence-corrected chi connectivity index (χ3v) is 4.94. The number of carbonyl (C=O) groups is 4. The van der Waals surface area contributed by atoms with Crippen LogP contribution in [-0.4, -0.2) is 58.2 Å². The highest BCUT2D eigenvalue weighted by Crippen LogP contribution is 2.22. The van der Waals surface area contributed by atoms with Gasteiger partial charge in [-0.2, -0.15) is 0 Å². The summed E-state index contributed by atoms with van der Waals surface area (Å²) in [6.07, 6.45) is 3.66. The zero-order valence-corrected chi connectivity index (χ0v) is 15.4. The van der Waals surface area contributed by atoms with Crippen molar-refractivity contribution in [3.8, 4) is 0 Å². The van der Waals surface area contributed by atoms with Crippen molar-refractivity contribution in [1.29, 1.82) is 0 Å². The first-order valence-corrected chi connectivity index (χ1v) is 9.35. The molecule has 0 spiro atoms. The normalized spacial score (nSPS) is 18.6. The fourth-order valence-corrected chi connectivity index (χ4v) is 3.42. The highest BCUT2D eigenvalue weighted by Gasteiger charge is 2.40. The topological polar surface area (TPSA) is 116 Å². The van der Waals surface area contributed by atoms with Crippen molar-refractivity contribution in [3.63, 3.8) is 0 Å². The van der Waals surface area contributed by atoms with Gasteiger partial charge in [0.1, 0.15) is 6.10 Å². The van der Waals surface area contributed by atoms with Gasteiger partial charge >= 0.3 is 24.1 Å². The summed E-state index contributed by atoms with van der Waals surface area (Å²) in [4.78, 5) is 50.4. The first kappa shape index (κ1) is 19.7. The summed E-state index contributed by atoms with van der Waals surface area (Å²) in [5.74, 6) is -1.25. The lowest BCUT2D eigenvalue weighted by atomic mass is 9.98. The number of carboxylic acid groups (broad SMARTS) is 1. The maximum absolute atomic E-state index is 12.5. The summed E-state index contributed by atoms with van der Waals surface area (Å²) in [5.41, 5.74) is 0.378. The molecule has 1 aliphatic heterocycles. The van der Waals surface area contributed by atoms with Gasteiger partial charge in [-0.1, -0.05) is 36.8 Å². The number of amides is 5. The molecule has 1 saturated carbocycles. The molecule has 9 nitrogen and oxygen atoms in total. The molecule has 2 aliphatic rings. The van der Waals surface area contributed by atoms with E-state index in [-0.39, 0.29) is 19.2 Å². The molecule has 1 aliphatic carbocycles. The molecule has 0 bridgehead atoms. The molecule has 1 saturated heterocycles. The van der Waals surface area contributed by atoms with E-state index in [4.69, 9.17) is 4.74 Å². The summed E-state index contributed by atoms with van der Waals surface area (Å²) in [6.45, 7) is -0.00750. The fraction of sp³-hybridized carbons (Fsp3) is 0.474. The molecule has 0 aromatic heterocycles. The number of aliphatic carboxylic acids is 1. The molecule has 1 aromatic rings.